The van der Waals surface area contributed by atoms with Gasteiger partial charge in [-0.2, -0.15) is 0 Å². The molecule has 0 saturated carbocycles. The lowest BCUT2D eigenvalue weighted by atomic mass is 9.83. The minimum absolute atomic E-state index is 0.0392. The summed E-state index contributed by atoms with van der Waals surface area (Å²) < 4.78 is 10.7. The fourth-order valence-electron chi connectivity index (χ4n) is 4.42. The molecular formula is C26H24ClNO7. The summed E-state index contributed by atoms with van der Waals surface area (Å²) in [6.45, 7) is 3.05. The molecule has 9 heteroatoms. The number of fused-ring (bicyclic) bond motifs is 1. The Kier molecular flexibility index (Phi) is 6.69. The molecule has 2 heterocycles. The number of phenolic OH excluding ortho intramolecular Hbond substituents is 2. The van der Waals surface area contributed by atoms with Crippen molar-refractivity contribution < 1.29 is 34.4 Å². The number of hydrogen-bond donors (Lipinski definition) is 3. The van der Waals surface area contributed by atoms with Crippen molar-refractivity contribution in [2.45, 2.75) is 38.9 Å². The molecule has 0 spiro atoms. The predicted molar refractivity (Wildman–Crippen MR) is 127 cm³/mol. The molecule has 1 aromatic heterocycles. The summed E-state index contributed by atoms with van der Waals surface area (Å²) >= 11 is 6.18. The number of pyridine rings is 1. The molecule has 8 nitrogen and oxygen atoms in total. The summed E-state index contributed by atoms with van der Waals surface area (Å²) in [5.41, 5.74) is 2.03. The van der Waals surface area contributed by atoms with E-state index in [4.69, 9.17) is 21.1 Å². The van der Waals surface area contributed by atoms with Gasteiger partial charge < -0.3 is 24.8 Å². The van der Waals surface area contributed by atoms with Crippen LogP contribution in [0, 0.1) is 6.92 Å². The van der Waals surface area contributed by atoms with Crippen molar-refractivity contribution in [3.63, 3.8) is 0 Å². The minimum Gasteiger partial charge on any atom is -0.507 e. The van der Waals surface area contributed by atoms with Gasteiger partial charge in [-0.05, 0) is 37.6 Å². The molecule has 182 valence electrons. The normalized spacial score (nSPS) is 15.5. The second-order valence-corrected chi connectivity index (χ2v) is 8.83. The average Bonchev–Trinajstić information content (AvgIpc) is 3.25. The van der Waals surface area contributed by atoms with Gasteiger partial charge in [0, 0.05) is 39.4 Å². The second kappa shape index (κ2) is 9.56. The number of carbonyl (C=O) groups is 2. The molecule has 0 bridgehead atoms. The molecular weight excluding hydrogens is 474 g/mol. The molecule has 0 fully saturated rings. The number of nitrogens with zero attached hydrogens (tertiary/aromatic N) is 1. The zero-order valence-corrected chi connectivity index (χ0v) is 20.1. The topological polar surface area (TPSA) is 126 Å². The molecule has 4 rings (SSSR count). The van der Waals surface area contributed by atoms with E-state index < -0.39 is 29.5 Å². The lowest BCUT2D eigenvalue weighted by molar-refractivity contribution is -0.140. The number of halogens is 1. The first-order valence-electron chi connectivity index (χ1n) is 10.8. The van der Waals surface area contributed by atoms with Gasteiger partial charge in [0.15, 0.2) is 5.78 Å². The van der Waals surface area contributed by atoms with Gasteiger partial charge in [-0.15, -0.1) is 0 Å². The molecule has 3 N–H and O–H groups in total. The van der Waals surface area contributed by atoms with Gasteiger partial charge >= 0.3 is 5.97 Å². The largest absolute Gasteiger partial charge is 0.507 e. The maximum atomic E-state index is 12.5. The molecule has 2 aromatic carbocycles. The van der Waals surface area contributed by atoms with Crippen molar-refractivity contribution in [2.24, 2.45) is 0 Å². The van der Waals surface area contributed by atoms with Crippen LogP contribution >= 0.6 is 11.6 Å². The van der Waals surface area contributed by atoms with Crippen molar-refractivity contribution in [2.75, 3.05) is 7.11 Å². The Labute approximate surface area is 206 Å². The molecule has 35 heavy (non-hydrogen) atoms. The van der Waals surface area contributed by atoms with Crippen molar-refractivity contribution in [1.29, 1.82) is 0 Å². The van der Waals surface area contributed by atoms with Gasteiger partial charge in [0.2, 0.25) is 0 Å². The van der Waals surface area contributed by atoms with Crippen molar-refractivity contribution in [1.82, 2.24) is 4.98 Å². The number of aryl methyl sites for hydroxylation is 1. The van der Waals surface area contributed by atoms with Crippen LogP contribution in [0.4, 0.5) is 0 Å². The number of aromatic hydroxyl groups is 3. The number of ether oxygens (including phenoxy) is 2. The number of benzene rings is 2. The molecule has 0 radical (unpaired) electrons. The maximum Gasteiger partial charge on any atom is 0.306 e. The lowest BCUT2D eigenvalue weighted by Gasteiger charge is -2.24. The first kappa shape index (κ1) is 24.5. The highest BCUT2D eigenvalue weighted by Crippen LogP contribution is 2.50. The number of carbonyl (C=O) groups excluding carboxylic acids is 2. The summed E-state index contributed by atoms with van der Waals surface area (Å²) in [5, 5.41) is 33.7. The highest BCUT2D eigenvalue weighted by atomic mass is 35.5. The van der Waals surface area contributed by atoms with Crippen LogP contribution in [0.1, 0.15) is 69.2 Å². The minimum atomic E-state index is -0.928. The number of phenols is 2. The van der Waals surface area contributed by atoms with E-state index in [-0.39, 0.29) is 41.2 Å². The quantitative estimate of drug-likeness (QED) is 0.331. The summed E-state index contributed by atoms with van der Waals surface area (Å²) in [4.78, 5) is 29.0. The maximum absolute atomic E-state index is 12.5. The van der Waals surface area contributed by atoms with E-state index in [9.17, 15) is 24.9 Å². The van der Waals surface area contributed by atoms with E-state index in [2.05, 4.69) is 4.98 Å². The van der Waals surface area contributed by atoms with Crippen LogP contribution in [0.5, 0.6) is 17.2 Å². The number of ketones is 1. The van der Waals surface area contributed by atoms with Gasteiger partial charge in [-0.3, -0.25) is 14.6 Å². The van der Waals surface area contributed by atoms with E-state index in [1.54, 1.807) is 37.4 Å². The summed E-state index contributed by atoms with van der Waals surface area (Å²) in [7, 11) is 1.23. The van der Waals surface area contributed by atoms with Gasteiger partial charge in [0.1, 0.15) is 23.4 Å². The van der Waals surface area contributed by atoms with Crippen molar-refractivity contribution >= 4 is 23.4 Å². The lowest BCUT2D eigenvalue weighted by Crippen LogP contribution is -2.13. The summed E-state index contributed by atoms with van der Waals surface area (Å²) in [5.74, 6) is -2.85. The number of aromatic nitrogens is 1. The van der Waals surface area contributed by atoms with Gasteiger partial charge in [0.05, 0.1) is 31.4 Å². The smallest absolute Gasteiger partial charge is 0.306 e. The molecule has 3 aromatic rings. The molecule has 2 unspecified atom stereocenters. The van der Waals surface area contributed by atoms with E-state index in [1.807, 2.05) is 0 Å². The SMILES string of the molecule is COC(=O)CC(c1cccc(Cl)c1)c1c(O)c(C(C)=O)cc(C2OCc3cnc(C)c(O)c32)c1O. The van der Waals surface area contributed by atoms with Crippen LogP contribution < -0.4 is 0 Å². The van der Waals surface area contributed by atoms with Crippen LogP contribution in [0.25, 0.3) is 0 Å². The van der Waals surface area contributed by atoms with Crippen LogP contribution in [-0.2, 0) is 20.9 Å². The third kappa shape index (κ3) is 4.42. The Balaban J connectivity index is 1.99. The number of esters is 1. The fraction of sp³-hybridized carbons (Fsp3) is 0.269. The third-order valence-electron chi connectivity index (χ3n) is 6.22. The predicted octanol–water partition coefficient (Wildman–Crippen LogP) is 4.68. The summed E-state index contributed by atoms with van der Waals surface area (Å²) in [6.07, 6.45) is 0.415. The Morgan fingerprint density at radius 1 is 1.20 bits per heavy atom. The summed E-state index contributed by atoms with van der Waals surface area (Å²) in [6, 6.07) is 7.98. The van der Waals surface area contributed by atoms with Crippen LogP contribution in [-0.4, -0.2) is 39.2 Å². The highest BCUT2D eigenvalue weighted by Gasteiger charge is 2.36. The van der Waals surface area contributed by atoms with E-state index in [1.165, 1.54) is 20.1 Å². The Hall–Kier alpha value is -3.62. The van der Waals surface area contributed by atoms with Crippen molar-refractivity contribution in [3.8, 4) is 17.2 Å². The van der Waals surface area contributed by atoms with E-state index >= 15 is 0 Å². The fourth-order valence-corrected chi connectivity index (χ4v) is 4.62. The molecule has 1 aliphatic rings. The van der Waals surface area contributed by atoms with Crippen LogP contribution in [0.2, 0.25) is 5.02 Å². The van der Waals surface area contributed by atoms with E-state index in [0.29, 0.717) is 27.4 Å². The molecule has 0 amide bonds. The number of hydrogen-bond acceptors (Lipinski definition) is 8. The van der Waals surface area contributed by atoms with Gasteiger partial charge in [-0.1, -0.05) is 23.7 Å². The monoisotopic (exact) mass is 497 g/mol. The zero-order valence-electron chi connectivity index (χ0n) is 19.3. The van der Waals surface area contributed by atoms with Crippen molar-refractivity contribution in [3.05, 3.63) is 80.6 Å². The number of Topliss-reactive ketones (excluding diaryl/α,β-unsaturated/α-hetero) is 1. The van der Waals surface area contributed by atoms with Gasteiger partial charge in [-0.25, -0.2) is 0 Å². The van der Waals surface area contributed by atoms with Gasteiger partial charge in [0.25, 0.3) is 0 Å². The molecule has 1 aliphatic heterocycles. The zero-order chi connectivity index (χ0) is 25.4. The third-order valence-corrected chi connectivity index (χ3v) is 6.46. The van der Waals surface area contributed by atoms with E-state index in [0.717, 1.165) is 0 Å². The first-order valence-corrected chi connectivity index (χ1v) is 11.2. The molecule has 0 aliphatic carbocycles. The second-order valence-electron chi connectivity index (χ2n) is 8.39. The number of methoxy groups -OCH3 is 1. The highest BCUT2D eigenvalue weighted by molar-refractivity contribution is 6.30. The Bertz CT molecular complexity index is 1340. The average molecular weight is 498 g/mol. The van der Waals surface area contributed by atoms with Crippen LogP contribution in [0.3, 0.4) is 0 Å². The Morgan fingerprint density at radius 2 is 1.94 bits per heavy atom. The molecule has 0 saturated heterocycles. The number of rotatable bonds is 6. The van der Waals surface area contributed by atoms with Crippen LogP contribution in [0.15, 0.2) is 36.5 Å². The Morgan fingerprint density at radius 3 is 2.60 bits per heavy atom. The standard InChI is InChI=1S/C26H24ClNO7/c1-12-23(31)21-15(10-28-12)11-35-26(21)19-8-17(13(2)29)24(32)22(25(19)33)18(9-20(30)34-3)14-5-4-6-16(27)7-14/h4-8,10,18,26,31-33H,9,11H2,1-3H3. The molecule has 2 atom stereocenters. The first-order chi connectivity index (χ1) is 16.6.